The van der Waals surface area contributed by atoms with Crippen molar-refractivity contribution in [2.75, 3.05) is 13.7 Å². The summed E-state index contributed by atoms with van der Waals surface area (Å²) in [5.41, 5.74) is -0.0813. The monoisotopic (exact) mass is 366 g/mol. The first-order valence-electron chi connectivity index (χ1n) is 8.84. The molecule has 1 nitrogen and oxygen atoms in total. The SMILES string of the molecule is COCC1CCC(c2cc(F)c(-c3cc(F)c(C)c(F)c3)c(F)c2)CC1. The number of methoxy groups -OCH3 is 1. The van der Waals surface area contributed by atoms with Crippen LogP contribution in [0.25, 0.3) is 11.1 Å². The molecule has 1 saturated carbocycles. The Morgan fingerprint density at radius 1 is 0.846 bits per heavy atom. The standard InChI is InChI=1S/C21H22F4O/c1-12-17(22)9-16(10-18(12)23)21-19(24)7-15(8-20(21)25)14-5-3-13(4-6-14)11-26-2/h7-10,13-14H,3-6,11H2,1-2H3. The molecule has 0 aliphatic heterocycles. The Morgan fingerprint density at radius 3 is 1.88 bits per heavy atom. The molecular formula is C21H22F4O. The fraction of sp³-hybridized carbons (Fsp3) is 0.429. The topological polar surface area (TPSA) is 9.23 Å². The number of ether oxygens (including phenoxy) is 1. The van der Waals surface area contributed by atoms with Crippen LogP contribution in [0.2, 0.25) is 0 Å². The third kappa shape index (κ3) is 3.78. The van der Waals surface area contributed by atoms with Gasteiger partial charge in [0.25, 0.3) is 0 Å². The molecule has 0 spiro atoms. The maximum Gasteiger partial charge on any atom is 0.134 e. The van der Waals surface area contributed by atoms with Crippen LogP contribution < -0.4 is 0 Å². The molecule has 5 heteroatoms. The summed E-state index contributed by atoms with van der Waals surface area (Å²) < 4.78 is 61.9. The predicted molar refractivity (Wildman–Crippen MR) is 93.0 cm³/mol. The summed E-state index contributed by atoms with van der Waals surface area (Å²) in [6.45, 7) is 1.99. The molecule has 2 aromatic rings. The van der Waals surface area contributed by atoms with E-state index in [4.69, 9.17) is 4.74 Å². The fourth-order valence-corrected chi connectivity index (χ4v) is 3.79. The lowest BCUT2D eigenvalue weighted by Gasteiger charge is -2.28. The van der Waals surface area contributed by atoms with Crippen LogP contribution in [0.5, 0.6) is 0 Å². The van der Waals surface area contributed by atoms with Crippen molar-refractivity contribution >= 4 is 0 Å². The van der Waals surface area contributed by atoms with E-state index >= 15 is 0 Å². The van der Waals surface area contributed by atoms with Gasteiger partial charge < -0.3 is 4.74 Å². The third-order valence-corrected chi connectivity index (χ3v) is 5.35. The van der Waals surface area contributed by atoms with Crippen molar-refractivity contribution in [2.45, 2.75) is 38.5 Å². The first-order valence-corrected chi connectivity index (χ1v) is 8.84. The van der Waals surface area contributed by atoms with Gasteiger partial charge in [-0.3, -0.25) is 0 Å². The summed E-state index contributed by atoms with van der Waals surface area (Å²) in [6.07, 6.45) is 3.61. The smallest absolute Gasteiger partial charge is 0.134 e. The van der Waals surface area contributed by atoms with Crippen LogP contribution in [-0.4, -0.2) is 13.7 Å². The van der Waals surface area contributed by atoms with E-state index < -0.39 is 23.3 Å². The average molecular weight is 366 g/mol. The van der Waals surface area contributed by atoms with Gasteiger partial charge in [0, 0.05) is 19.3 Å². The Hall–Kier alpha value is -1.88. The summed E-state index contributed by atoms with van der Waals surface area (Å²) >= 11 is 0. The van der Waals surface area contributed by atoms with Crippen molar-refractivity contribution < 1.29 is 22.3 Å². The number of benzene rings is 2. The van der Waals surface area contributed by atoms with Crippen LogP contribution in [0, 0.1) is 36.1 Å². The van der Waals surface area contributed by atoms with Crippen LogP contribution in [0.1, 0.15) is 42.7 Å². The van der Waals surface area contributed by atoms with E-state index in [1.54, 1.807) is 7.11 Å². The molecule has 0 bridgehead atoms. The summed E-state index contributed by atoms with van der Waals surface area (Å²) in [6, 6.07) is 4.54. The largest absolute Gasteiger partial charge is 0.384 e. The first kappa shape index (κ1) is 18.9. The molecule has 0 aromatic heterocycles. The second kappa shape index (κ2) is 7.78. The molecule has 2 aromatic carbocycles. The van der Waals surface area contributed by atoms with E-state index in [1.165, 1.54) is 19.1 Å². The van der Waals surface area contributed by atoms with E-state index in [0.29, 0.717) is 18.1 Å². The summed E-state index contributed by atoms with van der Waals surface area (Å²) in [5, 5.41) is 0. The second-order valence-corrected chi connectivity index (χ2v) is 7.10. The zero-order valence-corrected chi connectivity index (χ0v) is 14.9. The minimum absolute atomic E-state index is 0.0904. The zero-order valence-electron chi connectivity index (χ0n) is 14.9. The van der Waals surface area contributed by atoms with Crippen molar-refractivity contribution in [2.24, 2.45) is 5.92 Å². The lowest BCUT2D eigenvalue weighted by atomic mass is 9.78. The Bertz CT molecular complexity index is 749. The van der Waals surface area contributed by atoms with Crippen molar-refractivity contribution in [3.63, 3.8) is 0 Å². The molecule has 3 rings (SSSR count). The molecular weight excluding hydrogens is 344 g/mol. The van der Waals surface area contributed by atoms with Gasteiger partial charge in [-0.05, 0) is 79.8 Å². The maximum absolute atomic E-state index is 14.6. The van der Waals surface area contributed by atoms with Crippen LogP contribution in [-0.2, 0) is 4.74 Å². The highest BCUT2D eigenvalue weighted by molar-refractivity contribution is 5.66. The predicted octanol–water partition coefficient (Wildman–Crippen LogP) is 6.14. The number of hydrogen-bond acceptors (Lipinski definition) is 1. The molecule has 0 amide bonds. The van der Waals surface area contributed by atoms with Gasteiger partial charge in [0.05, 0.1) is 5.56 Å². The quantitative estimate of drug-likeness (QED) is 0.591. The normalized spacial score (nSPS) is 20.4. The lowest BCUT2D eigenvalue weighted by molar-refractivity contribution is 0.127. The van der Waals surface area contributed by atoms with Crippen molar-refractivity contribution in [3.8, 4) is 11.1 Å². The maximum atomic E-state index is 14.6. The zero-order chi connectivity index (χ0) is 18.8. The lowest BCUT2D eigenvalue weighted by Crippen LogP contribution is -2.17. The third-order valence-electron chi connectivity index (χ3n) is 5.35. The first-order chi connectivity index (χ1) is 12.4. The van der Waals surface area contributed by atoms with Gasteiger partial charge in [0.2, 0.25) is 0 Å². The Balaban J connectivity index is 1.88. The van der Waals surface area contributed by atoms with Gasteiger partial charge >= 0.3 is 0 Å². The van der Waals surface area contributed by atoms with Crippen molar-refractivity contribution in [3.05, 3.63) is 58.7 Å². The van der Waals surface area contributed by atoms with Crippen molar-refractivity contribution in [1.29, 1.82) is 0 Å². The van der Waals surface area contributed by atoms with E-state index in [1.807, 2.05) is 0 Å². The molecule has 26 heavy (non-hydrogen) atoms. The summed E-state index contributed by atoms with van der Waals surface area (Å²) in [5.74, 6) is -2.64. The van der Waals surface area contributed by atoms with E-state index in [2.05, 4.69) is 0 Å². The van der Waals surface area contributed by atoms with Gasteiger partial charge in [-0.2, -0.15) is 0 Å². The summed E-state index contributed by atoms with van der Waals surface area (Å²) in [4.78, 5) is 0. The Kier molecular flexibility index (Phi) is 5.66. The van der Waals surface area contributed by atoms with Gasteiger partial charge in [0.15, 0.2) is 0 Å². The van der Waals surface area contributed by atoms with Gasteiger partial charge in [-0.15, -0.1) is 0 Å². The van der Waals surface area contributed by atoms with Crippen LogP contribution in [0.3, 0.4) is 0 Å². The highest BCUT2D eigenvalue weighted by Crippen LogP contribution is 2.38. The molecule has 0 radical (unpaired) electrons. The van der Waals surface area contributed by atoms with Gasteiger partial charge in [-0.25, -0.2) is 17.6 Å². The summed E-state index contributed by atoms with van der Waals surface area (Å²) in [7, 11) is 1.67. The van der Waals surface area contributed by atoms with E-state index in [0.717, 1.165) is 37.8 Å². The molecule has 0 heterocycles. The molecule has 0 saturated heterocycles. The Labute approximate surface area is 151 Å². The van der Waals surface area contributed by atoms with E-state index in [-0.39, 0.29) is 22.6 Å². The minimum Gasteiger partial charge on any atom is -0.384 e. The molecule has 0 atom stereocenters. The Morgan fingerprint density at radius 2 is 1.38 bits per heavy atom. The molecule has 1 aliphatic carbocycles. The van der Waals surface area contributed by atoms with Crippen LogP contribution in [0.15, 0.2) is 24.3 Å². The average Bonchev–Trinajstić information content (AvgIpc) is 2.60. The highest BCUT2D eigenvalue weighted by atomic mass is 19.1. The van der Waals surface area contributed by atoms with Crippen molar-refractivity contribution in [1.82, 2.24) is 0 Å². The number of hydrogen-bond donors (Lipinski definition) is 0. The van der Waals surface area contributed by atoms with Gasteiger partial charge in [0.1, 0.15) is 23.3 Å². The molecule has 0 N–H and O–H groups in total. The minimum atomic E-state index is -0.820. The molecule has 1 fully saturated rings. The molecule has 1 aliphatic rings. The molecule has 0 unspecified atom stereocenters. The van der Waals surface area contributed by atoms with Crippen LogP contribution in [0.4, 0.5) is 17.6 Å². The van der Waals surface area contributed by atoms with Crippen LogP contribution >= 0.6 is 0 Å². The van der Waals surface area contributed by atoms with Gasteiger partial charge in [-0.1, -0.05) is 0 Å². The number of rotatable bonds is 4. The number of halogens is 4. The second-order valence-electron chi connectivity index (χ2n) is 7.10. The molecule has 140 valence electrons. The fourth-order valence-electron chi connectivity index (χ4n) is 3.79. The van der Waals surface area contributed by atoms with E-state index in [9.17, 15) is 17.6 Å². The highest BCUT2D eigenvalue weighted by Gasteiger charge is 2.25.